The van der Waals surface area contributed by atoms with Crippen LogP contribution in [-0.4, -0.2) is 0 Å². The molecular weight excluding hydrogens is 240 g/mol. The molecule has 102 valence electrons. The van der Waals surface area contributed by atoms with Crippen molar-refractivity contribution < 1.29 is 0 Å². The zero-order valence-corrected chi connectivity index (χ0v) is 12.3. The van der Waals surface area contributed by atoms with Gasteiger partial charge in [0.25, 0.3) is 0 Å². The molecule has 0 saturated heterocycles. The molecule has 11 unspecified atom stereocenters. The summed E-state index contributed by atoms with van der Waals surface area (Å²) in [6.45, 7) is 2.81. The van der Waals surface area contributed by atoms with E-state index in [1.54, 1.807) is 38.5 Å². The molecule has 0 heterocycles. The first kappa shape index (κ1) is 9.01. The SMILES string of the molecule is CC12CC34CC5=C6C7CC(C89CC7C(C8)C1C5CC93)C624. The third kappa shape index (κ3) is 0.405. The molecule has 0 radical (unpaired) electrons. The molecular formula is C20H22. The second kappa shape index (κ2) is 1.83. The van der Waals surface area contributed by atoms with Gasteiger partial charge in [0.05, 0.1) is 0 Å². The third-order valence-electron chi connectivity index (χ3n) is 11.9. The summed E-state index contributed by atoms with van der Waals surface area (Å²) >= 11 is 0. The van der Waals surface area contributed by atoms with E-state index >= 15 is 0 Å². The fourth-order valence-electron chi connectivity index (χ4n) is 13.1. The van der Waals surface area contributed by atoms with Crippen LogP contribution in [0.25, 0.3) is 0 Å². The van der Waals surface area contributed by atoms with Gasteiger partial charge in [0.2, 0.25) is 0 Å². The Bertz CT molecular complexity index is 730. The summed E-state index contributed by atoms with van der Waals surface area (Å²) in [6.07, 6.45) is 10.1. The normalized spacial score (nSPS) is 87.2. The minimum absolute atomic E-state index is 0.791. The van der Waals surface area contributed by atoms with E-state index in [1.165, 1.54) is 23.7 Å². The summed E-state index contributed by atoms with van der Waals surface area (Å²) in [5.41, 5.74) is 7.69. The minimum atomic E-state index is 0.791. The zero-order chi connectivity index (χ0) is 12.4. The summed E-state index contributed by atoms with van der Waals surface area (Å²) < 4.78 is 0. The highest BCUT2D eigenvalue weighted by molar-refractivity contribution is 5.62. The maximum atomic E-state index is 2.81. The van der Waals surface area contributed by atoms with Crippen LogP contribution in [-0.2, 0) is 0 Å². The molecule has 20 heavy (non-hydrogen) atoms. The monoisotopic (exact) mass is 262 g/mol. The van der Waals surface area contributed by atoms with Crippen LogP contribution in [0.2, 0.25) is 0 Å². The molecule has 0 N–H and O–H groups in total. The highest BCUT2D eigenvalue weighted by Gasteiger charge is 2.99. The van der Waals surface area contributed by atoms with E-state index in [-0.39, 0.29) is 0 Å². The van der Waals surface area contributed by atoms with Crippen molar-refractivity contribution in [2.45, 2.75) is 45.4 Å². The molecule has 10 rings (SSSR count). The average Bonchev–Trinajstić information content (AvgIpc) is 2.89. The van der Waals surface area contributed by atoms with E-state index in [0.29, 0.717) is 0 Å². The molecule has 7 fully saturated rings. The molecule has 10 aliphatic rings. The van der Waals surface area contributed by atoms with E-state index in [2.05, 4.69) is 18.1 Å². The second-order valence-electron chi connectivity index (χ2n) is 11.0. The Morgan fingerprint density at radius 3 is 2.80 bits per heavy atom. The molecule has 10 aliphatic carbocycles. The fraction of sp³-hybridized carbons (Fsp3) is 0.900. The molecule has 0 aliphatic heterocycles. The minimum Gasteiger partial charge on any atom is -0.0661 e. The van der Waals surface area contributed by atoms with Gasteiger partial charge in [-0.25, -0.2) is 0 Å². The van der Waals surface area contributed by atoms with Crippen molar-refractivity contribution in [3.05, 3.63) is 11.1 Å². The van der Waals surface area contributed by atoms with Crippen LogP contribution in [0.5, 0.6) is 0 Å². The molecule has 7 saturated carbocycles. The lowest BCUT2D eigenvalue weighted by Gasteiger charge is -2.69. The van der Waals surface area contributed by atoms with Crippen LogP contribution in [0.3, 0.4) is 0 Å². The van der Waals surface area contributed by atoms with Gasteiger partial charge in [0.15, 0.2) is 0 Å². The maximum absolute atomic E-state index is 2.81. The van der Waals surface area contributed by atoms with E-state index in [4.69, 9.17) is 0 Å². The molecule has 0 amide bonds. The predicted octanol–water partition coefficient (Wildman–Crippen LogP) is 4.02. The summed E-state index contributed by atoms with van der Waals surface area (Å²) in [6, 6.07) is 0. The highest BCUT2D eigenvalue weighted by Crippen LogP contribution is 3.05. The topological polar surface area (TPSA) is 0 Å². The third-order valence-corrected chi connectivity index (χ3v) is 11.9. The maximum Gasteiger partial charge on any atom is 0.00708 e. The standard InChI is InChI=1S/C20H22/c1-17-7-19-6-12-9-2-13(19)18-4-10(11(5-18)15(9)17)8-3-14(18)20(17,19)16(8)12/h8-11,13-15H,2-7H2,1H3. The first-order valence-electron chi connectivity index (χ1n) is 9.42. The lowest BCUT2D eigenvalue weighted by Crippen LogP contribution is -2.65. The van der Waals surface area contributed by atoms with Gasteiger partial charge < -0.3 is 0 Å². The number of allylic oxidation sites excluding steroid dienone is 2. The predicted molar refractivity (Wildman–Crippen MR) is 74.6 cm³/mol. The Morgan fingerprint density at radius 2 is 1.85 bits per heavy atom. The molecule has 0 aromatic rings. The quantitative estimate of drug-likeness (QED) is 0.578. The van der Waals surface area contributed by atoms with Crippen molar-refractivity contribution in [2.24, 2.45) is 63.1 Å². The van der Waals surface area contributed by atoms with Crippen LogP contribution < -0.4 is 0 Å². The van der Waals surface area contributed by atoms with Crippen molar-refractivity contribution in [3.8, 4) is 0 Å². The van der Waals surface area contributed by atoms with Crippen LogP contribution in [0, 0.1) is 63.1 Å². The van der Waals surface area contributed by atoms with Crippen molar-refractivity contribution in [1.82, 2.24) is 0 Å². The second-order valence-corrected chi connectivity index (χ2v) is 11.0. The van der Waals surface area contributed by atoms with Gasteiger partial charge in [0, 0.05) is 5.41 Å². The molecule has 11 atom stereocenters. The molecule has 0 aromatic heterocycles. The van der Waals surface area contributed by atoms with Gasteiger partial charge in [-0.3, -0.25) is 0 Å². The average molecular weight is 262 g/mol. The summed E-state index contributed by atoms with van der Waals surface area (Å²) in [5, 5.41) is 0. The Hall–Kier alpha value is -0.260. The Kier molecular flexibility index (Phi) is 0.825. The van der Waals surface area contributed by atoms with Crippen LogP contribution in [0.4, 0.5) is 0 Å². The van der Waals surface area contributed by atoms with E-state index in [1.807, 2.05) is 0 Å². The van der Waals surface area contributed by atoms with Gasteiger partial charge in [-0.15, -0.1) is 0 Å². The van der Waals surface area contributed by atoms with Gasteiger partial charge in [-0.05, 0) is 96.2 Å². The lowest BCUT2D eigenvalue weighted by molar-refractivity contribution is -0.203. The van der Waals surface area contributed by atoms with Crippen molar-refractivity contribution >= 4 is 0 Å². The van der Waals surface area contributed by atoms with Crippen molar-refractivity contribution in [1.29, 1.82) is 0 Å². The van der Waals surface area contributed by atoms with Gasteiger partial charge in [-0.1, -0.05) is 18.1 Å². The van der Waals surface area contributed by atoms with Crippen molar-refractivity contribution in [3.63, 3.8) is 0 Å². The smallest absolute Gasteiger partial charge is 0.00708 e. The zero-order valence-electron chi connectivity index (χ0n) is 12.3. The Labute approximate surface area is 120 Å². The van der Waals surface area contributed by atoms with Gasteiger partial charge >= 0.3 is 0 Å². The van der Waals surface area contributed by atoms with E-state index in [9.17, 15) is 0 Å². The van der Waals surface area contributed by atoms with Crippen molar-refractivity contribution in [2.75, 3.05) is 0 Å². The molecule has 0 heteroatoms. The number of rotatable bonds is 0. The van der Waals surface area contributed by atoms with E-state index < -0.39 is 0 Å². The number of hydrogen-bond acceptors (Lipinski definition) is 0. The first-order valence-corrected chi connectivity index (χ1v) is 9.42. The Morgan fingerprint density at radius 1 is 1.00 bits per heavy atom. The summed E-state index contributed by atoms with van der Waals surface area (Å²) in [5.74, 6) is 8.11. The van der Waals surface area contributed by atoms with Gasteiger partial charge in [0.1, 0.15) is 0 Å². The molecule has 9 bridgehead atoms. The van der Waals surface area contributed by atoms with E-state index in [0.717, 1.165) is 39.4 Å². The largest absolute Gasteiger partial charge is 0.0661 e. The van der Waals surface area contributed by atoms with Crippen LogP contribution in [0.1, 0.15) is 45.4 Å². The fourth-order valence-corrected chi connectivity index (χ4v) is 13.1. The van der Waals surface area contributed by atoms with Crippen LogP contribution in [0.15, 0.2) is 11.1 Å². The Balaban J connectivity index is 1.68. The first-order chi connectivity index (χ1) is 9.69. The summed E-state index contributed by atoms with van der Waals surface area (Å²) in [4.78, 5) is 0. The highest BCUT2D eigenvalue weighted by atomic mass is 15.0. The number of hydrogen-bond donors (Lipinski definition) is 0. The lowest BCUT2D eigenvalue weighted by atomic mass is 9.33. The molecule has 3 spiro atoms. The molecule has 0 aromatic carbocycles. The molecule has 0 nitrogen and oxygen atoms in total. The summed E-state index contributed by atoms with van der Waals surface area (Å²) in [7, 11) is 0. The van der Waals surface area contributed by atoms with Crippen LogP contribution >= 0.6 is 0 Å². The van der Waals surface area contributed by atoms with Gasteiger partial charge in [-0.2, -0.15) is 0 Å².